The van der Waals surface area contributed by atoms with Gasteiger partial charge in [0.2, 0.25) is 0 Å². The number of carbonyl (C=O) groups excluding carboxylic acids is 1. The van der Waals surface area contributed by atoms with Crippen LogP contribution in [0, 0.1) is 0 Å². The average Bonchev–Trinajstić information content (AvgIpc) is 2.98. The van der Waals surface area contributed by atoms with Crippen molar-refractivity contribution in [2.24, 2.45) is 0 Å². The molecule has 0 radical (unpaired) electrons. The molecule has 0 spiro atoms. The Hall–Kier alpha value is -2.30. The highest BCUT2D eigenvalue weighted by Gasteiger charge is 2.25. The SMILES string of the molecule is CN(C)Cc1c(C(=O)NCC(C)(C)c2cccc(Cl)c2)oc2ccccc12. The minimum Gasteiger partial charge on any atom is -0.451 e. The normalized spacial score (nSPS) is 11.9. The van der Waals surface area contributed by atoms with Gasteiger partial charge in [-0.05, 0) is 37.9 Å². The van der Waals surface area contributed by atoms with Gasteiger partial charge in [-0.2, -0.15) is 0 Å². The molecule has 1 aromatic heterocycles. The molecule has 27 heavy (non-hydrogen) atoms. The summed E-state index contributed by atoms with van der Waals surface area (Å²) < 4.78 is 5.89. The summed E-state index contributed by atoms with van der Waals surface area (Å²) in [6.07, 6.45) is 0. The maximum absolute atomic E-state index is 12.9. The third-order valence-electron chi connectivity index (χ3n) is 4.68. The second-order valence-electron chi connectivity index (χ2n) is 7.72. The van der Waals surface area contributed by atoms with Crippen molar-refractivity contribution in [3.05, 3.63) is 70.4 Å². The minimum atomic E-state index is -0.256. The van der Waals surface area contributed by atoms with Crippen LogP contribution in [0.4, 0.5) is 0 Å². The summed E-state index contributed by atoms with van der Waals surface area (Å²) in [5, 5.41) is 4.71. The lowest BCUT2D eigenvalue weighted by atomic mass is 9.84. The second kappa shape index (κ2) is 7.75. The van der Waals surface area contributed by atoms with E-state index in [1.165, 1.54) is 0 Å². The van der Waals surface area contributed by atoms with Crippen molar-refractivity contribution in [3.8, 4) is 0 Å². The Kier molecular flexibility index (Phi) is 5.59. The predicted molar refractivity (Wildman–Crippen MR) is 110 cm³/mol. The molecule has 0 saturated carbocycles. The van der Waals surface area contributed by atoms with Crippen LogP contribution in [0.15, 0.2) is 52.9 Å². The summed E-state index contributed by atoms with van der Waals surface area (Å²) in [5.74, 6) is 0.185. The first kappa shape index (κ1) is 19.5. The van der Waals surface area contributed by atoms with Crippen molar-refractivity contribution < 1.29 is 9.21 Å². The van der Waals surface area contributed by atoms with Crippen LogP contribution in [0.3, 0.4) is 0 Å². The molecule has 2 aromatic carbocycles. The van der Waals surface area contributed by atoms with E-state index in [1.54, 1.807) is 0 Å². The molecular weight excluding hydrogens is 360 g/mol. The van der Waals surface area contributed by atoms with Gasteiger partial charge in [-0.15, -0.1) is 0 Å². The summed E-state index contributed by atoms with van der Waals surface area (Å²) in [4.78, 5) is 14.9. The number of carbonyl (C=O) groups is 1. The van der Waals surface area contributed by atoms with Crippen molar-refractivity contribution in [2.75, 3.05) is 20.6 Å². The summed E-state index contributed by atoms with van der Waals surface area (Å²) in [7, 11) is 3.96. The van der Waals surface area contributed by atoms with E-state index in [4.69, 9.17) is 16.0 Å². The topological polar surface area (TPSA) is 45.5 Å². The monoisotopic (exact) mass is 384 g/mol. The Morgan fingerprint density at radius 2 is 1.89 bits per heavy atom. The zero-order chi connectivity index (χ0) is 19.6. The van der Waals surface area contributed by atoms with E-state index in [-0.39, 0.29) is 11.3 Å². The number of amides is 1. The Morgan fingerprint density at radius 1 is 1.15 bits per heavy atom. The highest BCUT2D eigenvalue weighted by Crippen LogP contribution is 2.28. The quantitative estimate of drug-likeness (QED) is 0.660. The Morgan fingerprint density at radius 3 is 2.59 bits per heavy atom. The number of rotatable bonds is 6. The predicted octanol–water partition coefficient (Wildman–Crippen LogP) is 4.86. The van der Waals surface area contributed by atoms with Crippen LogP contribution in [0.1, 0.15) is 35.5 Å². The Balaban J connectivity index is 1.84. The number of para-hydroxylation sites is 1. The van der Waals surface area contributed by atoms with E-state index in [0.717, 1.165) is 22.1 Å². The first-order chi connectivity index (χ1) is 12.8. The molecule has 5 heteroatoms. The molecule has 3 aromatic rings. The fourth-order valence-corrected chi connectivity index (χ4v) is 3.34. The number of halogens is 1. The number of hydrogen-bond acceptors (Lipinski definition) is 3. The molecule has 4 nitrogen and oxygen atoms in total. The van der Waals surface area contributed by atoms with E-state index in [0.29, 0.717) is 23.9 Å². The lowest BCUT2D eigenvalue weighted by molar-refractivity contribution is 0.0918. The molecule has 0 aliphatic rings. The molecule has 1 amide bonds. The summed E-state index contributed by atoms with van der Waals surface area (Å²) >= 11 is 6.12. The van der Waals surface area contributed by atoms with Gasteiger partial charge in [0.05, 0.1) is 0 Å². The standard InChI is InChI=1S/C22H25ClN2O2/c1-22(2,15-8-7-9-16(23)12-15)14-24-21(26)20-18(13-25(3)4)17-10-5-6-11-19(17)27-20/h5-12H,13-14H2,1-4H3,(H,24,26). The average molecular weight is 385 g/mol. The lowest BCUT2D eigenvalue weighted by Crippen LogP contribution is -2.37. The zero-order valence-corrected chi connectivity index (χ0v) is 16.9. The van der Waals surface area contributed by atoms with E-state index in [1.807, 2.05) is 67.5 Å². The van der Waals surface area contributed by atoms with Gasteiger partial charge in [0.15, 0.2) is 5.76 Å². The molecule has 3 rings (SSSR count). The fourth-order valence-electron chi connectivity index (χ4n) is 3.15. The summed E-state index contributed by atoms with van der Waals surface area (Å²) in [5.41, 5.74) is 2.46. The summed E-state index contributed by atoms with van der Waals surface area (Å²) in [6, 6.07) is 15.5. The van der Waals surface area contributed by atoms with Gasteiger partial charge in [-0.1, -0.05) is 55.8 Å². The van der Waals surface area contributed by atoms with Crippen LogP contribution in [0.2, 0.25) is 5.02 Å². The molecule has 0 atom stereocenters. The van der Waals surface area contributed by atoms with Crippen LogP contribution < -0.4 is 5.32 Å². The van der Waals surface area contributed by atoms with Gasteiger partial charge in [0.1, 0.15) is 5.58 Å². The van der Waals surface area contributed by atoms with Crippen molar-refractivity contribution in [1.29, 1.82) is 0 Å². The molecule has 0 bridgehead atoms. The van der Waals surface area contributed by atoms with Crippen molar-refractivity contribution in [2.45, 2.75) is 25.8 Å². The number of fused-ring (bicyclic) bond motifs is 1. The smallest absolute Gasteiger partial charge is 0.287 e. The van der Waals surface area contributed by atoms with Crippen LogP contribution in [-0.2, 0) is 12.0 Å². The molecule has 0 aliphatic heterocycles. The third kappa shape index (κ3) is 4.34. The maximum Gasteiger partial charge on any atom is 0.287 e. The van der Waals surface area contributed by atoms with Gasteiger partial charge in [0, 0.05) is 34.5 Å². The van der Waals surface area contributed by atoms with E-state index < -0.39 is 0 Å². The number of furan rings is 1. The largest absolute Gasteiger partial charge is 0.451 e. The molecule has 0 unspecified atom stereocenters. The third-order valence-corrected chi connectivity index (χ3v) is 4.91. The van der Waals surface area contributed by atoms with Crippen LogP contribution in [0.5, 0.6) is 0 Å². The minimum absolute atomic E-state index is 0.196. The lowest BCUT2D eigenvalue weighted by Gasteiger charge is -2.25. The number of nitrogens with one attached hydrogen (secondary N) is 1. The second-order valence-corrected chi connectivity index (χ2v) is 8.16. The van der Waals surface area contributed by atoms with E-state index in [9.17, 15) is 4.79 Å². The molecule has 0 saturated heterocycles. The molecule has 1 heterocycles. The van der Waals surface area contributed by atoms with Gasteiger partial charge >= 0.3 is 0 Å². The number of benzene rings is 2. The van der Waals surface area contributed by atoms with E-state index >= 15 is 0 Å². The van der Waals surface area contributed by atoms with Crippen molar-refractivity contribution in [3.63, 3.8) is 0 Å². The maximum atomic E-state index is 12.9. The Labute approximate surface area is 165 Å². The first-order valence-electron chi connectivity index (χ1n) is 8.97. The summed E-state index contributed by atoms with van der Waals surface area (Å²) in [6.45, 7) is 5.28. The van der Waals surface area contributed by atoms with Gasteiger partial charge in [-0.25, -0.2) is 0 Å². The molecule has 142 valence electrons. The fraction of sp³-hybridized carbons (Fsp3) is 0.318. The molecular formula is C22H25ClN2O2. The Bertz CT molecular complexity index is 960. The van der Waals surface area contributed by atoms with Crippen LogP contribution in [0.25, 0.3) is 11.0 Å². The van der Waals surface area contributed by atoms with Gasteiger partial charge in [-0.3, -0.25) is 4.79 Å². The highest BCUT2D eigenvalue weighted by molar-refractivity contribution is 6.30. The van der Waals surface area contributed by atoms with Crippen molar-refractivity contribution >= 4 is 28.5 Å². The molecule has 1 N–H and O–H groups in total. The van der Waals surface area contributed by atoms with Gasteiger partial charge in [0.25, 0.3) is 5.91 Å². The zero-order valence-electron chi connectivity index (χ0n) is 16.2. The first-order valence-corrected chi connectivity index (χ1v) is 9.35. The van der Waals surface area contributed by atoms with Gasteiger partial charge < -0.3 is 14.6 Å². The number of hydrogen-bond donors (Lipinski definition) is 1. The van der Waals surface area contributed by atoms with Crippen molar-refractivity contribution in [1.82, 2.24) is 10.2 Å². The van der Waals surface area contributed by atoms with Crippen LogP contribution in [-0.4, -0.2) is 31.4 Å². The highest BCUT2D eigenvalue weighted by atomic mass is 35.5. The molecule has 0 aliphatic carbocycles. The molecule has 0 fully saturated rings. The van der Waals surface area contributed by atoms with E-state index in [2.05, 4.69) is 19.2 Å². The van der Waals surface area contributed by atoms with Crippen LogP contribution >= 0.6 is 11.6 Å². The number of nitrogens with zero attached hydrogens (tertiary/aromatic N) is 1.